The first-order valence-corrected chi connectivity index (χ1v) is 8.57. The number of rotatable bonds is 5. The van der Waals surface area contributed by atoms with E-state index in [9.17, 15) is 4.79 Å². The summed E-state index contributed by atoms with van der Waals surface area (Å²) >= 11 is 0. The van der Waals surface area contributed by atoms with E-state index in [4.69, 9.17) is 4.74 Å². The van der Waals surface area contributed by atoms with Crippen molar-refractivity contribution in [1.29, 1.82) is 0 Å². The van der Waals surface area contributed by atoms with Crippen molar-refractivity contribution >= 4 is 5.91 Å². The molecule has 5 nitrogen and oxygen atoms in total. The molecule has 0 unspecified atom stereocenters. The maximum Gasteiger partial charge on any atom is 0.223 e. The zero-order valence-electron chi connectivity index (χ0n) is 14.4. The molecule has 0 saturated carbocycles. The van der Waals surface area contributed by atoms with Crippen molar-refractivity contribution in [3.05, 3.63) is 52.8 Å². The van der Waals surface area contributed by atoms with Gasteiger partial charge in [0.2, 0.25) is 5.91 Å². The van der Waals surface area contributed by atoms with Gasteiger partial charge in [-0.2, -0.15) is 5.10 Å². The minimum absolute atomic E-state index is 0.0828. The fraction of sp³-hybridized carbons (Fsp3) is 0.474. The number of nitrogens with zero attached hydrogens (tertiary/aromatic N) is 2. The van der Waals surface area contributed by atoms with Gasteiger partial charge < -0.3 is 9.64 Å². The summed E-state index contributed by atoms with van der Waals surface area (Å²) in [4.78, 5) is 14.5. The lowest BCUT2D eigenvalue weighted by Crippen LogP contribution is -2.46. The molecule has 0 radical (unpaired) electrons. The third-order valence-corrected chi connectivity index (χ3v) is 4.73. The second-order valence-corrected chi connectivity index (χ2v) is 6.44. The highest BCUT2D eigenvalue weighted by atomic mass is 16.5. The Balaban J connectivity index is 1.52. The number of aromatic nitrogens is 2. The molecular weight excluding hydrogens is 302 g/mol. The Bertz CT molecular complexity index is 681. The predicted octanol–water partition coefficient (Wildman–Crippen LogP) is 2.43. The summed E-state index contributed by atoms with van der Waals surface area (Å²) in [7, 11) is 0. The van der Waals surface area contributed by atoms with E-state index in [1.807, 2.05) is 36.9 Å². The molecule has 1 N–H and O–H groups in total. The summed E-state index contributed by atoms with van der Waals surface area (Å²) in [6.07, 6.45) is 2.13. The van der Waals surface area contributed by atoms with Crippen LogP contribution in [0.15, 0.2) is 30.3 Å². The molecule has 0 bridgehead atoms. The van der Waals surface area contributed by atoms with Crippen LogP contribution in [-0.2, 0) is 22.4 Å². The zero-order chi connectivity index (χ0) is 16.9. The van der Waals surface area contributed by atoms with Crippen LogP contribution in [-0.4, -0.2) is 46.8 Å². The largest absolute Gasteiger partial charge is 0.374 e. The van der Waals surface area contributed by atoms with E-state index in [1.165, 1.54) is 5.56 Å². The highest BCUT2D eigenvalue weighted by Crippen LogP contribution is 2.15. The van der Waals surface area contributed by atoms with E-state index >= 15 is 0 Å². The predicted molar refractivity (Wildman–Crippen MR) is 92.8 cm³/mol. The maximum absolute atomic E-state index is 12.5. The molecular formula is C19H25N3O2. The van der Waals surface area contributed by atoms with Crippen molar-refractivity contribution in [2.45, 2.75) is 39.2 Å². The van der Waals surface area contributed by atoms with Crippen molar-refractivity contribution in [1.82, 2.24) is 15.1 Å². The molecule has 1 aromatic carbocycles. The second kappa shape index (κ2) is 7.62. The number of carbonyl (C=O) groups excluding carboxylic acids is 1. The van der Waals surface area contributed by atoms with Gasteiger partial charge in [-0.25, -0.2) is 0 Å². The SMILES string of the molecule is Cc1[nH]nc(CCC(=O)N2CCO[C@H](Cc3ccccc3)C2)c1C. The molecule has 2 aromatic rings. The molecule has 1 atom stereocenters. The van der Waals surface area contributed by atoms with E-state index in [0.717, 1.165) is 23.4 Å². The number of hydrogen-bond donors (Lipinski definition) is 1. The molecule has 1 saturated heterocycles. The minimum atomic E-state index is 0.0828. The highest BCUT2D eigenvalue weighted by molar-refractivity contribution is 5.76. The van der Waals surface area contributed by atoms with E-state index in [1.54, 1.807) is 0 Å². The first kappa shape index (κ1) is 16.7. The Labute approximate surface area is 143 Å². The monoisotopic (exact) mass is 327 g/mol. The van der Waals surface area contributed by atoms with Gasteiger partial charge in [-0.15, -0.1) is 0 Å². The number of benzene rings is 1. The number of amides is 1. The van der Waals surface area contributed by atoms with Crippen LogP contribution in [0.4, 0.5) is 0 Å². The molecule has 24 heavy (non-hydrogen) atoms. The Hall–Kier alpha value is -2.14. The molecule has 2 heterocycles. The molecule has 128 valence electrons. The van der Waals surface area contributed by atoms with Crippen LogP contribution in [0.5, 0.6) is 0 Å². The number of H-pyrrole nitrogens is 1. The van der Waals surface area contributed by atoms with Crippen LogP contribution in [0, 0.1) is 13.8 Å². The Morgan fingerprint density at radius 2 is 2.12 bits per heavy atom. The van der Waals surface area contributed by atoms with Crippen LogP contribution in [0.1, 0.15) is 28.9 Å². The number of ether oxygens (including phenoxy) is 1. The van der Waals surface area contributed by atoms with Gasteiger partial charge in [-0.3, -0.25) is 9.89 Å². The standard InChI is InChI=1S/C19H25N3O2/c1-14-15(2)20-21-18(14)8-9-19(23)22-10-11-24-17(13-22)12-16-6-4-3-5-7-16/h3-7,17H,8-13H2,1-2H3,(H,20,21)/t17-/m1/s1. The number of hydrogen-bond acceptors (Lipinski definition) is 3. The normalized spacial score (nSPS) is 17.9. The minimum Gasteiger partial charge on any atom is -0.374 e. The third-order valence-electron chi connectivity index (χ3n) is 4.73. The molecule has 0 aliphatic carbocycles. The molecule has 1 aliphatic rings. The van der Waals surface area contributed by atoms with E-state index < -0.39 is 0 Å². The van der Waals surface area contributed by atoms with Gasteiger partial charge in [0.05, 0.1) is 18.4 Å². The first-order chi connectivity index (χ1) is 11.6. The third kappa shape index (κ3) is 4.03. The van der Waals surface area contributed by atoms with Gasteiger partial charge in [-0.05, 0) is 25.0 Å². The van der Waals surface area contributed by atoms with Gasteiger partial charge in [0.1, 0.15) is 0 Å². The Morgan fingerprint density at radius 3 is 2.83 bits per heavy atom. The van der Waals surface area contributed by atoms with E-state index in [0.29, 0.717) is 32.5 Å². The van der Waals surface area contributed by atoms with Crippen molar-refractivity contribution in [2.75, 3.05) is 19.7 Å². The van der Waals surface area contributed by atoms with Gasteiger partial charge in [0.25, 0.3) is 0 Å². The molecule has 5 heteroatoms. The number of nitrogens with one attached hydrogen (secondary N) is 1. The number of carbonyl (C=O) groups is 1. The van der Waals surface area contributed by atoms with E-state index in [2.05, 4.69) is 22.3 Å². The molecule has 1 amide bonds. The second-order valence-electron chi connectivity index (χ2n) is 6.44. The number of morpholine rings is 1. The molecule has 1 aliphatic heterocycles. The average molecular weight is 327 g/mol. The summed E-state index contributed by atoms with van der Waals surface area (Å²) < 4.78 is 5.84. The lowest BCUT2D eigenvalue weighted by atomic mass is 10.1. The van der Waals surface area contributed by atoms with E-state index in [-0.39, 0.29) is 12.0 Å². The van der Waals surface area contributed by atoms with Crippen LogP contribution in [0.25, 0.3) is 0 Å². The lowest BCUT2D eigenvalue weighted by molar-refractivity contribution is -0.138. The smallest absolute Gasteiger partial charge is 0.223 e. The topological polar surface area (TPSA) is 58.2 Å². The lowest BCUT2D eigenvalue weighted by Gasteiger charge is -2.33. The summed E-state index contributed by atoms with van der Waals surface area (Å²) in [5.41, 5.74) is 4.48. The molecule has 3 rings (SSSR count). The average Bonchev–Trinajstić information content (AvgIpc) is 2.93. The molecule has 1 aromatic heterocycles. The quantitative estimate of drug-likeness (QED) is 0.917. The Kier molecular flexibility index (Phi) is 5.30. The number of aryl methyl sites for hydroxylation is 2. The van der Waals surface area contributed by atoms with Gasteiger partial charge >= 0.3 is 0 Å². The molecule has 0 spiro atoms. The summed E-state index contributed by atoms with van der Waals surface area (Å²) in [5.74, 6) is 0.191. The van der Waals surface area contributed by atoms with Crippen LogP contribution >= 0.6 is 0 Å². The zero-order valence-corrected chi connectivity index (χ0v) is 14.4. The van der Waals surface area contributed by atoms with Gasteiger partial charge in [-0.1, -0.05) is 30.3 Å². The summed E-state index contributed by atoms with van der Waals surface area (Å²) in [5, 5.41) is 7.26. The fourth-order valence-electron chi connectivity index (χ4n) is 3.11. The van der Waals surface area contributed by atoms with Crippen LogP contribution in [0.2, 0.25) is 0 Å². The first-order valence-electron chi connectivity index (χ1n) is 8.57. The number of aromatic amines is 1. The molecule has 1 fully saturated rings. The fourth-order valence-corrected chi connectivity index (χ4v) is 3.11. The van der Waals surface area contributed by atoms with Gasteiger partial charge in [0.15, 0.2) is 0 Å². The summed E-state index contributed by atoms with van der Waals surface area (Å²) in [6, 6.07) is 10.3. The van der Waals surface area contributed by atoms with Gasteiger partial charge in [0, 0.05) is 38.0 Å². The van der Waals surface area contributed by atoms with Crippen molar-refractivity contribution in [3.8, 4) is 0 Å². The Morgan fingerprint density at radius 1 is 1.33 bits per heavy atom. The van der Waals surface area contributed by atoms with Crippen LogP contribution < -0.4 is 0 Å². The van der Waals surface area contributed by atoms with Crippen LogP contribution in [0.3, 0.4) is 0 Å². The highest BCUT2D eigenvalue weighted by Gasteiger charge is 2.24. The summed E-state index contributed by atoms with van der Waals surface area (Å²) in [6.45, 7) is 6.02. The maximum atomic E-state index is 12.5. The van der Waals surface area contributed by atoms with Crippen molar-refractivity contribution < 1.29 is 9.53 Å². The van der Waals surface area contributed by atoms with Crippen molar-refractivity contribution in [3.63, 3.8) is 0 Å². The van der Waals surface area contributed by atoms with Crippen molar-refractivity contribution in [2.24, 2.45) is 0 Å².